The van der Waals surface area contributed by atoms with Crippen molar-refractivity contribution in [2.45, 2.75) is 51.7 Å². The molecule has 0 saturated heterocycles. The molecule has 1 aromatic heterocycles. The lowest BCUT2D eigenvalue weighted by Crippen LogP contribution is -2.50. The van der Waals surface area contributed by atoms with Gasteiger partial charge in [-0.05, 0) is 56.5 Å². The van der Waals surface area contributed by atoms with Crippen LogP contribution in [-0.4, -0.2) is 71.2 Å². The zero-order valence-corrected chi connectivity index (χ0v) is 20.4. The van der Waals surface area contributed by atoms with Gasteiger partial charge in [-0.1, -0.05) is 31.9 Å². The molecule has 1 aromatic carbocycles. The van der Waals surface area contributed by atoms with E-state index in [9.17, 15) is 14.3 Å². The van der Waals surface area contributed by atoms with E-state index in [0.29, 0.717) is 18.0 Å². The third-order valence-corrected chi connectivity index (χ3v) is 7.23. The minimum atomic E-state index is -0.327. The summed E-state index contributed by atoms with van der Waals surface area (Å²) in [4.78, 5) is 22.2. The summed E-state index contributed by atoms with van der Waals surface area (Å²) in [5.41, 5.74) is 1.86. The fraction of sp³-hybridized carbons (Fsp3) is 0.556. The number of rotatable bonds is 7. The molecule has 4 rings (SSSR count). The first-order valence-electron chi connectivity index (χ1n) is 12.4. The van der Waals surface area contributed by atoms with E-state index in [2.05, 4.69) is 23.9 Å². The van der Waals surface area contributed by atoms with Crippen LogP contribution >= 0.6 is 0 Å². The van der Waals surface area contributed by atoms with E-state index in [-0.39, 0.29) is 36.4 Å². The molecule has 0 unspecified atom stereocenters. The van der Waals surface area contributed by atoms with Crippen molar-refractivity contribution in [3.8, 4) is 17.0 Å². The Hall–Kier alpha value is -2.51. The number of hydrogen-bond acceptors (Lipinski definition) is 5. The number of pyridine rings is 1. The van der Waals surface area contributed by atoms with Crippen molar-refractivity contribution in [1.29, 1.82) is 0 Å². The Morgan fingerprint density at radius 1 is 1.21 bits per heavy atom. The maximum absolute atomic E-state index is 13.6. The Labute approximate surface area is 201 Å². The van der Waals surface area contributed by atoms with Crippen molar-refractivity contribution in [3.63, 3.8) is 0 Å². The molecule has 0 bridgehead atoms. The van der Waals surface area contributed by atoms with E-state index in [1.807, 2.05) is 6.92 Å². The molecular formula is C27H36FN3O3. The van der Waals surface area contributed by atoms with Gasteiger partial charge in [0.05, 0.1) is 12.6 Å². The Bertz CT molecular complexity index is 978. The number of likely N-dealkylation sites (N-methyl/N-ethyl adjacent to an activating group) is 1. The van der Waals surface area contributed by atoms with E-state index in [1.165, 1.54) is 37.8 Å². The standard InChI is InChI=1S/C27H36FN3O3/c1-18-14-31(19(2)17-32)27(33)24-12-22(21-8-10-23(28)11-9-21)13-29-26(24)34-25(18)16-30(3)15-20-6-4-5-7-20/h8-13,18-20,25,32H,4-7,14-17H2,1-3H3/t18-,19-,25-/m1/s1. The number of hydrogen-bond donors (Lipinski definition) is 1. The first-order valence-corrected chi connectivity index (χ1v) is 12.4. The highest BCUT2D eigenvalue weighted by molar-refractivity contribution is 5.98. The number of ether oxygens (including phenoxy) is 1. The van der Waals surface area contributed by atoms with E-state index in [0.717, 1.165) is 30.1 Å². The minimum absolute atomic E-state index is 0.0655. The van der Waals surface area contributed by atoms with E-state index in [4.69, 9.17) is 4.74 Å². The second kappa shape index (κ2) is 10.8. The van der Waals surface area contributed by atoms with Gasteiger partial charge in [0.15, 0.2) is 0 Å². The van der Waals surface area contributed by atoms with Crippen LogP contribution in [0.4, 0.5) is 4.39 Å². The fourth-order valence-electron chi connectivity index (χ4n) is 5.14. The summed E-state index contributed by atoms with van der Waals surface area (Å²) in [5.74, 6) is 0.596. The molecule has 1 aliphatic heterocycles. The van der Waals surface area contributed by atoms with Crippen molar-refractivity contribution in [1.82, 2.24) is 14.8 Å². The largest absolute Gasteiger partial charge is 0.472 e. The maximum Gasteiger partial charge on any atom is 0.259 e. The van der Waals surface area contributed by atoms with Gasteiger partial charge in [0.25, 0.3) is 5.91 Å². The molecule has 1 N–H and O–H groups in total. The highest BCUT2D eigenvalue weighted by atomic mass is 19.1. The number of aliphatic hydroxyl groups is 1. The third kappa shape index (κ3) is 5.58. The number of halogens is 1. The molecule has 2 aromatic rings. The normalized spacial score (nSPS) is 22.3. The molecule has 7 heteroatoms. The van der Waals surface area contributed by atoms with Gasteiger partial charge in [-0.2, -0.15) is 0 Å². The monoisotopic (exact) mass is 469 g/mol. The molecule has 1 amide bonds. The molecule has 3 atom stereocenters. The number of aliphatic hydroxyl groups excluding tert-OH is 1. The lowest BCUT2D eigenvalue weighted by Gasteiger charge is -2.38. The van der Waals surface area contributed by atoms with Crippen LogP contribution in [0.1, 0.15) is 49.9 Å². The van der Waals surface area contributed by atoms with Crippen LogP contribution < -0.4 is 4.74 Å². The summed E-state index contributed by atoms with van der Waals surface area (Å²) < 4.78 is 19.8. The van der Waals surface area contributed by atoms with E-state index in [1.54, 1.807) is 29.3 Å². The predicted octanol–water partition coefficient (Wildman–Crippen LogP) is 4.23. The summed E-state index contributed by atoms with van der Waals surface area (Å²) in [5, 5.41) is 9.85. The number of benzene rings is 1. The van der Waals surface area contributed by atoms with Crippen LogP contribution in [0.15, 0.2) is 36.5 Å². The maximum atomic E-state index is 13.6. The lowest BCUT2D eigenvalue weighted by molar-refractivity contribution is 0.0320. The van der Waals surface area contributed by atoms with Gasteiger partial charge in [-0.25, -0.2) is 9.37 Å². The van der Waals surface area contributed by atoms with Gasteiger partial charge in [-0.3, -0.25) is 4.79 Å². The topological polar surface area (TPSA) is 65.9 Å². The van der Waals surface area contributed by atoms with Crippen molar-refractivity contribution in [2.75, 3.05) is 33.3 Å². The Balaban J connectivity index is 1.64. The second-order valence-corrected chi connectivity index (χ2v) is 10.1. The van der Waals surface area contributed by atoms with Crippen LogP contribution in [0.3, 0.4) is 0 Å². The summed E-state index contributed by atoms with van der Waals surface area (Å²) in [6, 6.07) is 7.57. The molecule has 1 saturated carbocycles. The van der Waals surface area contributed by atoms with Crippen LogP contribution in [-0.2, 0) is 0 Å². The number of aromatic nitrogens is 1. The highest BCUT2D eigenvalue weighted by Gasteiger charge is 2.34. The quantitative estimate of drug-likeness (QED) is 0.658. The summed E-state index contributed by atoms with van der Waals surface area (Å²) in [7, 11) is 2.14. The first-order chi connectivity index (χ1) is 16.4. The van der Waals surface area contributed by atoms with Crippen LogP contribution in [0.25, 0.3) is 11.1 Å². The van der Waals surface area contributed by atoms with Gasteiger partial charge in [-0.15, -0.1) is 0 Å². The molecular weight excluding hydrogens is 433 g/mol. The van der Waals surface area contributed by atoms with Gasteiger partial charge in [0.1, 0.15) is 17.5 Å². The zero-order valence-electron chi connectivity index (χ0n) is 20.4. The number of amides is 1. The molecule has 1 fully saturated rings. The zero-order chi connectivity index (χ0) is 24.2. The molecule has 1 aliphatic carbocycles. The fourth-order valence-corrected chi connectivity index (χ4v) is 5.14. The minimum Gasteiger partial charge on any atom is -0.472 e. The van der Waals surface area contributed by atoms with Crippen molar-refractivity contribution in [2.24, 2.45) is 11.8 Å². The Morgan fingerprint density at radius 2 is 1.91 bits per heavy atom. The number of nitrogens with zero attached hydrogens (tertiary/aromatic N) is 3. The summed E-state index contributed by atoms with van der Waals surface area (Å²) >= 11 is 0. The molecule has 0 spiro atoms. The Kier molecular flexibility index (Phi) is 7.84. The highest BCUT2D eigenvalue weighted by Crippen LogP contribution is 2.31. The van der Waals surface area contributed by atoms with Gasteiger partial charge < -0.3 is 19.6 Å². The van der Waals surface area contributed by atoms with Crippen molar-refractivity contribution in [3.05, 3.63) is 47.9 Å². The van der Waals surface area contributed by atoms with E-state index < -0.39 is 0 Å². The van der Waals surface area contributed by atoms with Gasteiger partial charge >= 0.3 is 0 Å². The molecule has 2 heterocycles. The molecule has 34 heavy (non-hydrogen) atoms. The van der Waals surface area contributed by atoms with Crippen molar-refractivity contribution < 1.29 is 19.0 Å². The average molecular weight is 470 g/mol. The Morgan fingerprint density at radius 3 is 2.59 bits per heavy atom. The first kappa shape index (κ1) is 24.6. The van der Waals surface area contributed by atoms with E-state index >= 15 is 0 Å². The lowest BCUT2D eigenvalue weighted by atomic mass is 9.98. The molecule has 0 radical (unpaired) electrons. The summed E-state index contributed by atoms with van der Waals surface area (Å²) in [6.45, 7) is 6.11. The SMILES string of the molecule is C[C@@H]1CN([C@H](C)CO)C(=O)c2cc(-c3ccc(F)cc3)cnc2O[C@@H]1CN(C)CC1CCCC1. The van der Waals surface area contributed by atoms with Crippen LogP contribution in [0.2, 0.25) is 0 Å². The number of carbonyl (C=O) groups excluding carboxylic acids is 1. The third-order valence-electron chi connectivity index (χ3n) is 7.23. The van der Waals surface area contributed by atoms with Gasteiger partial charge in [0, 0.05) is 37.3 Å². The molecule has 184 valence electrons. The predicted molar refractivity (Wildman–Crippen MR) is 130 cm³/mol. The average Bonchev–Trinajstić information content (AvgIpc) is 3.34. The molecule has 6 nitrogen and oxygen atoms in total. The van der Waals surface area contributed by atoms with Gasteiger partial charge in [0.2, 0.25) is 5.88 Å². The number of fused-ring (bicyclic) bond motifs is 1. The molecule has 2 aliphatic rings. The van der Waals surface area contributed by atoms with Crippen LogP contribution in [0.5, 0.6) is 5.88 Å². The van der Waals surface area contributed by atoms with Crippen molar-refractivity contribution >= 4 is 5.91 Å². The second-order valence-electron chi connectivity index (χ2n) is 10.1. The smallest absolute Gasteiger partial charge is 0.259 e. The number of carbonyl (C=O) groups is 1. The van der Waals surface area contributed by atoms with Crippen LogP contribution in [0, 0.1) is 17.7 Å². The summed E-state index contributed by atoms with van der Waals surface area (Å²) in [6.07, 6.45) is 6.74.